The molecule has 1 unspecified atom stereocenters. The van der Waals surface area contributed by atoms with Gasteiger partial charge in [0.05, 0.1) is 26.4 Å². The van der Waals surface area contributed by atoms with Gasteiger partial charge in [-0.15, -0.1) is 35.3 Å². The van der Waals surface area contributed by atoms with Crippen molar-refractivity contribution in [2.75, 3.05) is 20.2 Å². The van der Waals surface area contributed by atoms with E-state index in [-0.39, 0.29) is 24.0 Å². The molecular weight excluding hydrogens is 525 g/mol. The maximum Gasteiger partial charge on any atom is 0.191 e. The van der Waals surface area contributed by atoms with Crippen molar-refractivity contribution in [3.63, 3.8) is 0 Å². The summed E-state index contributed by atoms with van der Waals surface area (Å²) in [5.41, 5.74) is 2.04. The number of aliphatic imine (C=N–C) groups is 1. The number of halogens is 1. The highest BCUT2D eigenvalue weighted by Gasteiger charge is 2.25. The van der Waals surface area contributed by atoms with E-state index in [1.807, 2.05) is 32.3 Å². The van der Waals surface area contributed by atoms with Crippen molar-refractivity contribution in [3.8, 4) is 16.9 Å². The molecule has 0 bridgehead atoms. The third-order valence-electron chi connectivity index (χ3n) is 4.74. The molecule has 9 heteroatoms. The fraction of sp³-hybridized carbons (Fsp3) is 0.364. The smallest absolute Gasteiger partial charge is 0.191 e. The van der Waals surface area contributed by atoms with E-state index in [1.54, 1.807) is 36.2 Å². The van der Waals surface area contributed by atoms with Gasteiger partial charge in [0, 0.05) is 30.2 Å². The lowest BCUT2D eigenvalue weighted by molar-refractivity contribution is 0.0616. The number of nitrogens with one attached hydrogen (secondary N) is 2. The molecule has 3 rings (SSSR count). The second-order valence-electron chi connectivity index (χ2n) is 7.26. The monoisotopic (exact) mass is 555 g/mol. The molecule has 31 heavy (non-hydrogen) atoms. The number of ether oxygens (including phenoxy) is 1. The fourth-order valence-corrected chi connectivity index (χ4v) is 3.77. The van der Waals surface area contributed by atoms with Crippen LogP contribution in [0.4, 0.5) is 0 Å². The SMILES string of the molecule is CCNC(=NCc1cc(-c2ccc(OC)cc2)cs1)NCC(C)(O)c1cnn(C)c1.I. The van der Waals surface area contributed by atoms with Gasteiger partial charge in [-0.3, -0.25) is 4.68 Å². The summed E-state index contributed by atoms with van der Waals surface area (Å²) in [7, 11) is 3.50. The van der Waals surface area contributed by atoms with Crippen LogP contribution in [0.25, 0.3) is 11.1 Å². The first kappa shape index (κ1) is 25.2. The number of nitrogens with zero attached hydrogens (tertiary/aromatic N) is 3. The molecule has 0 saturated heterocycles. The average molecular weight is 555 g/mol. The summed E-state index contributed by atoms with van der Waals surface area (Å²) in [6.45, 7) is 5.41. The highest BCUT2D eigenvalue weighted by molar-refractivity contribution is 14.0. The van der Waals surface area contributed by atoms with Gasteiger partial charge in [-0.2, -0.15) is 5.10 Å². The van der Waals surface area contributed by atoms with Gasteiger partial charge in [0.1, 0.15) is 11.4 Å². The molecular formula is C22H30IN5O2S. The summed E-state index contributed by atoms with van der Waals surface area (Å²) in [4.78, 5) is 5.84. The number of benzene rings is 1. The number of methoxy groups -OCH3 is 1. The molecule has 0 aliphatic heterocycles. The van der Waals surface area contributed by atoms with Crippen molar-refractivity contribution < 1.29 is 9.84 Å². The van der Waals surface area contributed by atoms with Crippen molar-refractivity contribution in [1.29, 1.82) is 0 Å². The molecule has 0 aliphatic rings. The quantitative estimate of drug-likeness (QED) is 0.224. The number of aryl methyl sites for hydroxylation is 1. The summed E-state index contributed by atoms with van der Waals surface area (Å²) >= 11 is 1.68. The van der Waals surface area contributed by atoms with Crippen molar-refractivity contribution in [2.24, 2.45) is 12.0 Å². The van der Waals surface area contributed by atoms with Gasteiger partial charge < -0.3 is 20.5 Å². The first-order valence-corrected chi connectivity index (χ1v) is 10.7. The van der Waals surface area contributed by atoms with Crippen LogP contribution in [0, 0.1) is 0 Å². The second-order valence-corrected chi connectivity index (χ2v) is 8.25. The first-order valence-electron chi connectivity index (χ1n) is 9.87. The molecule has 0 amide bonds. The van der Waals surface area contributed by atoms with E-state index >= 15 is 0 Å². The zero-order valence-electron chi connectivity index (χ0n) is 18.3. The van der Waals surface area contributed by atoms with Crippen LogP contribution in [0.1, 0.15) is 24.3 Å². The standard InChI is InChI=1S/C22H29N5O2S.HI/c1-5-23-21(25-15-22(2,28)18-11-26-27(3)13-18)24-12-20-10-17(14-30-20)16-6-8-19(29-4)9-7-16;/h6-11,13-14,28H,5,12,15H2,1-4H3,(H2,23,24,25);1H. The van der Waals surface area contributed by atoms with Crippen LogP contribution in [-0.4, -0.2) is 41.0 Å². The molecule has 2 aromatic heterocycles. The van der Waals surface area contributed by atoms with Crippen molar-refractivity contribution in [2.45, 2.75) is 26.0 Å². The number of aliphatic hydroxyl groups is 1. The summed E-state index contributed by atoms with van der Waals surface area (Å²) in [6, 6.07) is 10.2. The average Bonchev–Trinajstić information content (AvgIpc) is 3.40. The number of guanidine groups is 1. The van der Waals surface area contributed by atoms with E-state index in [4.69, 9.17) is 4.74 Å². The van der Waals surface area contributed by atoms with Gasteiger partial charge in [-0.25, -0.2) is 4.99 Å². The number of hydrogen-bond acceptors (Lipinski definition) is 5. The topological polar surface area (TPSA) is 83.7 Å². The minimum absolute atomic E-state index is 0. The Labute approximate surface area is 204 Å². The summed E-state index contributed by atoms with van der Waals surface area (Å²) in [5, 5.41) is 23.5. The van der Waals surface area contributed by atoms with Crippen LogP contribution >= 0.6 is 35.3 Å². The molecule has 0 saturated carbocycles. The molecule has 0 radical (unpaired) electrons. The normalized spacial score (nSPS) is 13.3. The lowest BCUT2D eigenvalue weighted by Gasteiger charge is -2.23. The largest absolute Gasteiger partial charge is 0.497 e. The lowest BCUT2D eigenvalue weighted by Crippen LogP contribution is -2.44. The van der Waals surface area contributed by atoms with Crippen LogP contribution < -0.4 is 15.4 Å². The van der Waals surface area contributed by atoms with Gasteiger partial charge in [-0.1, -0.05) is 12.1 Å². The van der Waals surface area contributed by atoms with Gasteiger partial charge in [0.15, 0.2) is 5.96 Å². The zero-order chi connectivity index (χ0) is 21.6. The third kappa shape index (κ3) is 6.94. The van der Waals surface area contributed by atoms with Crippen LogP contribution in [-0.2, 0) is 19.2 Å². The Morgan fingerprint density at radius 1 is 1.26 bits per heavy atom. The molecule has 0 aliphatic carbocycles. The van der Waals surface area contributed by atoms with Gasteiger partial charge in [-0.05, 0) is 48.6 Å². The highest BCUT2D eigenvalue weighted by Crippen LogP contribution is 2.27. The van der Waals surface area contributed by atoms with E-state index in [0.717, 1.165) is 28.3 Å². The van der Waals surface area contributed by atoms with Gasteiger partial charge in [0.2, 0.25) is 0 Å². The molecule has 1 atom stereocenters. The van der Waals surface area contributed by atoms with E-state index in [0.29, 0.717) is 19.0 Å². The predicted molar refractivity (Wildman–Crippen MR) is 137 cm³/mol. The maximum absolute atomic E-state index is 10.8. The van der Waals surface area contributed by atoms with E-state index in [1.165, 1.54) is 5.56 Å². The maximum atomic E-state index is 10.8. The molecule has 3 N–H and O–H groups in total. The summed E-state index contributed by atoms with van der Waals surface area (Å²) < 4.78 is 6.90. The number of aromatic nitrogens is 2. The Morgan fingerprint density at radius 3 is 2.61 bits per heavy atom. The van der Waals surface area contributed by atoms with E-state index < -0.39 is 5.60 Å². The third-order valence-corrected chi connectivity index (χ3v) is 5.66. The van der Waals surface area contributed by atoms with Crippen LogP contribution in [0.3, 0.4) is 0 Å². The molecule has 0 spiro atoms. The highest BCUT2D eigenvalue weighted by atomic mass is 127. The van der Waals surface area contributed by atoms with Crippen LogP contribution in [0.2, 0.25) is 0 Å². The second kappa shape index (κ2) is 11.5. The molecule has 1 aromatic carbocycles. The summed E-state index contributed by atoms with van der Waals surface area (Å²) in [6.07, 6.45) is 3.50. The Hall–Kier alpha value is -2.11. The number of thiophene rings is 1. The first-order chi connectivity index (χ1) is 14.4. The predicted octanol–water partition coefficient (Wildman–Crippen LogP) is 3.74. The van der Waals surface area contributed by atoms with E-state index in [9.17, 15) is 5.11 Å². The van der Waals surface area contributed by atoms with E-state index in [2.05, 4.69) is 44.3 Å². The molecule has 3 aromatic rings. The van der Waals surface area contributed by atoms with Gasteiger partial charge >= 0.3 is 0 Å². The zero-order valence-corrected chi connectivity index (χ0v) is 21.4. The Morgan fingerprint density at radius 2 is 2.00 bits per heavy atom. The minimum Gasteiger partial charge on any atom is -0.497 e. The van der Waals surface area contributed by atoms with Gasteiger partial charge in [0.25, 0.3) is 0 Å². The van der Waals surface area contributed by atoms with Crippen molar-refractivity contribution in [1.82, 2.24) is 20.4 Å². The molecule has 2 heterocycles. The number of rotatable bonds is 8. The lowest BCUT2D eigenvalue weighted by atomic mass is 10.00. The fourth-order valence-electron chi connectivity index (χ4n) is 2.95. The van der Waals surface area contributed by atoms with Crippen LogP contribution in [0.15, 0.2) is 53.1 Å². The van der Waals surface area contributed by atoms with Crippen molar-refractivity contribution in [3.05, 3.63) is 58.5 Å². The Bertz CT molecular complexity index is 982. The van der Waals surface area contributed by atoms with Crippen molar-refractivity contribution >= 4 is 41.3 Å². The molecule has 7 nitrogen and oxygen atoms in total. The van der Waals surface area contributed by atoms with Crippen LogP contribution in [0.5, 0.6) is 5.75 Å². The molecule has 0 fully saturated rings. The Kier molecular flexibility index (Phi) is 9.32. The number of hydrogen-bond donors (Lipinski definition) is 3. The Balaban J connectivity index is 0.00000341. The molecule has 168 valence electrons. The summed E-state index contributed by atoms with van der Waals surface area (Å²) in [5.74, 6) is 1.52. The minimum atomic E-state index is -1.05.